The summed E-state index contributed by atoms with van der Waals surface area (Å²) in [6, 6.07) is 0. The molecule has 0 rings (SSSR count). The molecule has 0 amide bonds. The highest BCUT2D eigenvalue weighted by Crippen LogP contribution is 1.61. The molecule has 2 heteroatoms. The van der Waals surface area contributed by atoms with Crippen LogP contribution in [0.2, 0.25) is 6.32 Å². The Morgan fingerprint density at radius 2 is 2.60 bits per heavy atom. The van der Waals surface area contributed by atoms with Crippen molar-refractivity contribution in [2.45, 2.75) is 6.32 Å². The van der Waals surface area contributed by atoms with Gasteiger partial charge in [0.25, 0.3) is 0 Å². The standard InChI is InChI=1S/C3H3B2/c1-2-3-5-4/h1H,3H2. The van der Waals surface area contributed by atoms with Gasteiger partial charge >= 0.3 is 0 Å². The molecule has 0 saturated heterocycles. The summed E-state index contributed by atoms with van der Waals surface area (Å²) in [4.78, 5) is 0. The molecule has 0 aliphatic heterocycles. The Morgan fingerprint density at radius 3 is 2.60 bits per heavy atom. The van der Waals surface area contributed by atoms with Crippen molar-refractivity contribution < 1.29 is 0 Å². The Kier molecular flexibility index (Phi) is 3.46. The van der Waals surface area contributed by atoms with Crippen LogP contribution >= 0.6 is 0 Å². The minimum absolute atomic E-state index is 0.569. The van der Waals surface area contributed by atoms with E-state index in [9.17, 15) is 0 Å². The van der Waals surface area contributed by atoms with Crippen molar-refractivity contribution in [3.05, 3.63) is 0 Å². The summed E-state index contributed by atoms with van der Waals surface area (Å²) in [6.07, 6.45) is 5.35. The molecular weight excluding hydrogens is 57.7 g/mol. The van der Waals surface area contributed by atoms with Crippen molar-refractivity contribution in [2.75, 3.05) is 0 Å². The maximum absolute atomic E-state index is 4.87. The monoisotopic (exact) mass is 61.0 g/mol. The zero-order valence-electron chi connectivity index (χ0n) is 2.94. The van der Waals surface area contributed by atoms with Gasteiger partial charge in [-0.2, -0.15) is 0 Å². The van der Waals surface area contributed by atoms with E-state index in [1.165, 1.54) is 7.17 Å². The van der Waals surface area contributed by atoms with Crippen molar-refractivity contribution in [2.24, 2.45) is 0 Å². The van der Waals surface area contributed by atoms with Gasteiger partial charge < -0.3 is 0 Å². The van der Waals surface area contributed by atoms with Crippen LogP contribution in [0.25, 0.3) is 0 Å². The molecule has 0 aliphatic rings. The maximum atomic E-state index is 4.87. The van der Waals surface area contributed by atoms with Gasteiger partial charge in [-0.15, -0.1) is 12.3 Å². The summed E-state index contributed by atoms with van der Waals surface area (Å²) >= 11 is 0. The first kappa shape index (κ1) is 4.69. The van der Waals surface area contributed by atoms with Gasteiger partial charge in [0.1, 0.15) is 0 Å². The highest BCUT2D eigenvalue weighted by molar-refractivity contribution is 6.89. The van der Waals surface area contributed by atoms with Crippen molar-refractivity contribution >= 4 is 14.9 Å². The van der Waals surface area contributed by atoms with Crippen molar-refractivity contribution in [1.82, 2.24) is 0 Å². The maximum Gasteiger partial charge on any atom is 0.0706 e. The zero-order valence-corrected chi connectivity index (χ0v) is 2.94. The second kappa shape index (κ2) is 3.69. The minimum atomic E-state index is 0.569. The molecule has 0 heterocycles. The van der Waals surface area contributed by atoms with Crippen molar-refractivity contribution in [3.63, 3.8) is 0 Å². The van der Waals surface area contributed by atoms with Crippen molar-refractivity contribution in [1.29, 1.82) is 0 Å². The molecule has 0 aliphatic carbocycles. The first-order chi connectivity index (χ1) is 2.41. The van der Waals surface area contributed by atoms with Crippen LogP contribution in [0, 0.1) is 12.3 Å². The lowest BCUT2D eigenvalue weighted by Crippen LogP contribution is -1.80. The summed E-state index contributed by atoms with van der Waals surface area (Å²) in [6.45, 7) is 0. The molecule has 0 unspecified atom stereocenters. The molecule has 0 bridgehead atoms. The van der Waals surface area contributed by atoms with Crippen LogP contribution in [-0.2, 0) is 0 Å². The van der Waals surface area contributed by atoms with Gasteiger partial charge in [-0.25, -0.2) is 0 Å². The molecule has 3 radical (unpaired) electrons. The first-order valence-electron chi connectivity index (χ1n) is 1.38. The average molecular weight is 60.7 g/mol. The van der Waals surface area contributed by atoms with E-state index in [1.54, 1.807) is 0 Å². The summed E-state index contributed by atoms with van der Waals surface area (Å²) in [5, 5.41) is 0. The molecule has 0 aromatic carbocycles. The van der Waals surface area contributed by atoms with Crippen LogP contribution < -0.4 is 0 Å². The van der Waals surface area contributed by atoms with Crippen LogP contribution in [0.1, 0.15) is 0 Å². The Morgan fingerprint density at radius 1 is 2.00 bits per heavy atom. The highest BCUT2D eigenvalue weighted by atomic mass is 13.4. The van der Waals surface area contributed by atoms with Gasteiger partial charge in [0.05, 0.1) is 7.17 Å². The molecule has 0 atom stereocenters. The quantitative estimate of drug-likeness (QED) is 0.291. The third-order valence-electron chi connectivity index (χ3n) is 0.236. The Labute approximate surface area is 34.6 Å². The molecule has 0 fully saturated rings. The van der Waals surface area contributed by atoms with Crippen LogP contribution in [-0.4, -0.2) is 14.9 Å². The zero-order chi connectivity index (χ0) is 4.12. The minimum Gasteiger partial charge on any atom is -0.121 e. The Balaban J connectivity index is 2.48. The normalized spacial score (nSPS) is 5.40. The summed E-state index contributed by atoms with van der Waals surface area (Å²) < 4.78 is 0. The van der Waals surface area contributed by atoms with E-state index >= 15 is 0 Å². The summed E-state index contributed by atoms with van der Waals surface area (Å²) in [5.41, 5.74) is 0. The fourth-order valence-electron chi connectivity index (χ4n) is 0.0680. The van der Waals surface area contributed by atoms with Crippen LogP contribution in [0.5, 0.6) is 0 Å². The third-order valence-corrected chi connectivity index (χ3v) is 0.236. The Hall–Kier alpha value is -0.310. The number of hydrogen-bond acceptors (Lipinski definition) is 0. The third kappa shape index (κ3) is 3.69. The average Bonchev–Trinajstić information content (AvgIpc) is 1.41. The molecular formula is C3H3B2. The van der Waals surface area contributed by atoms with Gasteiger partial charge in [-0.05, 0) is 6.32 Å². The van der Waals surface area contributed by atoms with Gasteiger partial charge in [0.2, 0.25) is 0 Å². The first-order valence-corrected chi connectivity index (χ1v) is 1.38. The molecule has 21 valence electrons. The number of rotatable bonds is 1. The molecule has 0 nitrogen and oxygen atoms in total. The van der Waals surface area contributed by atoms with E-state index in [2.05, 4.69) is 5.92 Å². The number of terminal acetylenes is 1. The second-order valence-electron chi connectivity index (χ2n) is 0.644. The largest absolute Gasteiger partial charge is 0.121 e. The van der Waals surface area contributed by atoms with E-state index in [1.807, 2.05) is 0 Å². The molecule has 5 heavy (non-hydrogen) atoms. The van der Waals surface area contributed by atoms with Gasteiger partial charge in [0, 0.05) is 7.74 Å². The Bertz CT molecular complexity index is 43.3. The predicted octanol–water partition coefficient (Wildman–Crippen LogP) is -0.174. The molecule has 0 saturated carbocycles. The van der Waals surface area contributed by atoms with E-state index in [0.29, 0.717) is 6.32 Å². The lowest BCUT2D eigenvalue weighted by atomic mass is 9.54. The lowest BCUT2D eigenvalue weighted by Gasteiger charge is -1.66. The lowest BCUT2D eigenvalue weighted by molar-refractivity contribution is 1.88. The highest BCUT2D eigenvalue weighted by Gasteiger charge is 1.65. The fraction of sp³-hybridized carbons (Fsp3) is 0.333. The fourth-order valence-corrected chi connectivity index (χ4v) is 0.0680. The van der Waals surface area contributed by atoms with Crippen LogP contribution in [0.15, 0.2) is 0 Å². The van der Waals surface area contributed by atoms with E-state index in [0.717, 1.165) is 0 Å². The smallest absolute Gasteiger partial charge is 0.0706 e. The van der Waals surface area contributed by atoms with Crippen LogP contribution in [0.3, 0.4) is 0 Å². The molecule has 0 aromatic heterocycles. The number of hydrogen-bond donors (Lipinski definition) is 0. The topological polar surface area (TPSA) is 0 Å². The van der Waals surface area contributed by atoms with E-state index in [4.69, 9.17) is 14.2 Å². The summed E-state index contributed by atoms with van der Waals surface area (Å²) in [5.74, 6) is 2.34. The van der Waals surface area contributed by atoms with E-state index in [-0.39, 0.29) is 0 Å². The summed E-state index contributed by atoms with van der Waals surface area (Å²) in [7, 11) is 6.32. The van der Waals surface area contributed by atoms with E-state index < -0.39 is 0 Å². The molecule has 0 aromatic rings. The predicted molar refractivity (Wildman–Crippen MR) is 25.1 cm³/mol. The SMILES string of the molecule is [B][B]CC#C. The van der Waals surface area contributed by atoms with Crippen LogP contribution in [0.4, 0.5) is 0 Å². The van der Waals surface area contributed by atoms with Crippen molar-refractivity contribution in [3.8, 4) is 12.3 Å². The van der Waals surface area contributed by atoms with Gasteiger partial charge in [0.15, 0.2) is 0 Å². The molecule has 0 spiro atoms. The van der Waals surface area contributed by atoms with Gasteiger partial charge in [-0.1, -0.05) is 0 Å². The molecule has 0 N–H and O–H groups in total. The second-order valence-corrected chi connectivity index (χ2v) is 0.644. The van der Waals surface area contributed by atoms with Gasteiger partial charge in [-0.3, -0.25) is 0 Å².